The molecule has 0 fully saturated rings. The molecular weight excluding hydrogens is 470 g/mol. The van der Waals surface area contributed by atoms with E-state index < -0.39 is 0 Å². The second-order valence-corrected chi connectivity index (χ2v) is 7.84. The lowest BCUT2D eigenvalue weighted by atomic mass is 10.2. The van der Waals surface area contributed by atoms with Gasteiger partial charge in [-0.05, 0) is 37.7 Å². The molecule has 0 aliphatic heterocycles. The van der Waals surface area contributed by atoms with E-state index in [4.69, 9.17) is 21.1 Å². The molecule has 2 heterocycles. The van der Waals surface area contributed by atoms with E-state index in [2.05, 4.69) is 28.5 Å². The maximum Gasteiger partial charge on any atom is 0.281 e. The molecule has 1 N–H and O–H groups in total. The number of pyridine rings is 1. The molecule has 10 heteroatoms. The molecule has 35 heavy (non-hydrogen) atoms. The molecule has 0 aliphatic rings. The summed E-state index contributed by atoms with van der Waals surface area (Å²) in [6.45, 7) is 6.89. The van der Waals surface area contributed by atoms with Crippen molar-refractivity contribution < 1.29 is 9.47 Å². The summed E-state index contributed by atoms with van der Waals surface area (Å²) in [6, 6.07) is 15.3. The number of nitrogens with one attached hydrogen (secondary N) is 1. The Kier molecular flexibility index (Phi) is 6.98. The van der Waals surface area contributed by atoms with E-state index in [1.165, 1.54) is 21.5 Å². The van der Waals surface area contributed by atoms with Gasteiger partial charge in [-0.1, -0.05) is 29.8 Å². The van der Waals surface area contributed by atoms with E-state index in [9.17, 15) is 9.59 Å². The summed E-state index contributed by atoms with van der Waals surface area (Å²) in [5, 5.41) is 3.65. The molecule has 0 saturated heterocycles. The fraction of sp³-hybridized carbons (Fsp3) is 0.120. The number of hydrogen-bond acceptors (Lipinski definition) is 6. The number of methoxy groups -OCH3 is 1. The topological polar surface area (TPSA) is 103 Å². The summed E-state index contributed by atoms with van der Waals surface area (Å²) in [7, 11) is 1.55. The molecular formula is C25H22ClN5O4. The summed E-state index contributed by atoms with van der Waals surface area (Å²) >= 11 is 6.33. The second kappa shape index (κ2) is 10.3. The second-order valence-electron chi connectivity index (χ2n) is 7.44. The Balaban J connectivity index is 1.91. The molecule has 0 radical (unpaired) electrons. The van der Waals surface area contributed by atoms with E-state index in [0.717, 1.165) is 0 Å². The maximum atomic E-state index is 13.6. The number of aromatic nitrogens is 3. The first kappa shape index (κ1) is 23.8. The summed E-state index contributed by atoms with van der Waals surface area (Å²) < 4.78 is 13.9. The Morgan fingerprint density at radius 1 is 1.11 bits per heavy atom. The third-order valence-corrected chi connectivity index (χ3v) is 5.66. The fourth-order valence-corrected chi connectivity index (χ4v) is 3.89. The molecule has 9 nitrogen and oxygen atoms in total. The molecule has 0 aliphatic carbocycles. The molecule has 0 atom stereocenters. The van der Waals surface area contributed by atoms with Crippen LogP contribution in [-0.2, 0) is 13.2 Å². The molecule has 2 aromatic heterocycles. The van der Waals surface area contributed by atoms with Crippen molar-refractivity contribution in [1.82, 2.24) is 14.3 Å². The number of allylic oxidation sites excluding steroid dienone is 1. The van der Waals surface area contributed by atoms with Gasteiger partial charge in [-0.2, -0.15) is 0 Å². The number of para-hydroxylation sites is 1. The number of halogens is 1. The van der Waals surface area contributed by atoms with Crippen LogP contribution in [0.1, 0.15) is 5.69 Å². The number of benzene rings is 2. The molecule has 4 rings (SSSR count). The predicted molar refractivity (Wildman–Crippen MR) is 138 cm³/mol. The molecule has 2 aromatic carbocycles. The third kappa shape index (κ3) is 4.80. The summed E-state index contributed by atoms with van der Waals surface area (Å²) in [6.07, 6.45) is 1.40. The van der Waals surface area contributed by atoms with E-state index in [1.807, 2.05) is 0 Å². The van der Waals surface area contributed by atoms with Gasteiger partial charge in [-0.3, -0.25) is 24.7 Å². The van der Waals surface area contributed by atoms with E-state index in [1.54, 1.807) is 55.6 Å². The Morgan fingerprint density at radius 2 is 1.89 bits per heavy atom. The summed E-state index contributed by atoms with van der Waals surface area (Å²) in [5.74, 6) is 1.12. The van der Waals surface area contributed by atoms with Gasteiger partial charge in [0.15, 0.2) is 0 Å². The minimum absolute atomic E-state index is 0.0187. The van der Waals surface area contributed by atoms with Crippen LogP contribution < -0.4 is 20.6 Å². The van der Waals surface area contributed by atoms with Crippen molar-refractivity contribution in [2.24, 2.45) is 9.98 Å². The monoisotopic (exact) mass is 491 g/mol. The van der Waals surface area contributed by atoms with Crippen LogP contribution in [0.2, 0.25) is 5.02 Å². The number of nitrogens with zero attached hydrogens (tertiary/aromatic N) is 4. The van der Waals surface area contributed by atoms with E-state index in [0.29, 0.717) is 39.1 Å². The first-order chi connectivity index (χ1) is 17.0. The van der Waals surface area contributed by atoms with Gasteiger partial charge >= 0.3 is 0 Å². The van der Waals surface area contributed by atoms with Crippen LogP contribution in [0.4, 0.5) is 0 Å². The fourth-order valence-electron chi connectivity index (χ4n) is 3.67. The molecule has 0 bridgehead atoms. The van der Waals surface area contributed by atoms with Gasteiger partial charge in [0, 0.05) is 18.3 Å². The lowest BCUT2D eigenvalue weighted by Gasteiger charge is -2.15. The highest BCUT2D eigenvalue weighted by molar-refractivity contribution is 6.32. The highest BCUT2D eigenvalue weighted by atomic mass is 35.5. The Morgan fingerprint density at radius 3 is 2.60 bits per heavy atom. The number of aliphatic imine (C=N–C) groups is 2. The van der Waals surface area contributed by atoms with Crippen molar-refractivity contribution in [2.45, 2.75) is 13.2 Å². The number of rotatable bonds is 9. The molecule has 0 saturated carbocycles. The van der Waals surface area contributed by atoms with Crippen molar-refractivity contribution in [3.8, 4) is 17.2 Å². The minimum atomic E-state index is -0.384. The maximum absolute atomic E-state index is 13.6. The lowest BCUT2D eigenvalue weighted by Crippen LogP contribution is -2.26. The molecule has 0 amide bonds. The van der Waals surface area contributed by atoms with Crippen molar-refractivity contribution in [3.05, 3.63) is 97.9 Å². The number of ether oxygens (including phenoxy) is 2. The van der Waals surface area contributed by atoms with E-state index in [-0.39, 0.29) is 29.7 Å². The van der Waals surface area contributed by atoms with Crippen LogP contribution >= 0.6 is 11.6 Å². The Bertz CT molecular complexity index is 1560. The van der Waals surface area contributed by atoms with Crippen LogP contribution in [0, 0.1) is 0 Å². The summed E-state index contributed by atoms with van der Waals surface area (Å²) in [5.41, 5.74) is 0.794. The smallest absolute Gasteiger partial charge is 0.281 e. The van der Waals surface area contributed by atoms with Crippen molar-refractivity contribution >= 4 is 35.9 Å². The van der Waals surface area contributed by atoms with Gasteiger partial charge in [0.1, 0.15) is 18.1 Å². The van der Waals surface area contributed by atoms with Crippen LogP contribution in [0.25, 0.3) is 16.6 Å². The molecule has 0 spiro atoms. The molecule has 4 aromatic rings. The van der Waals surface area contributed by atoms with Crippen molar-refractivity contribution in [2.75, 3.05) is 7.11 Å². The van der Waals surface area contributed by atoms with Crippen LogP contribution in [0.15, 0.2) is 86.1 Å². The van der Waals surface area contributed by atoms with Gasteiger partial charge in [-0.25, -0.2) is 4.68 Å². The first-order valence-corrected chi connectivity index (χ1v) is 10.9. The average molecular weight is 492 g/mol. The SMILES string of the molecule is C=N/C=C(/Cn1c(COc2cccc(OC)c2)c2c(=O)n(-c3ccccc3Cl)[nH]c2cc1=O)N=C. The van der Waals surface area contributed by atoms with E-state index >= 15 is 0 Å². The predicted octanol–water partition coefficient (Wildman–Crippen LogP) is 3.96. The lowest BCUT2D eigenvalue weighted by molar-refractivity contribution is 0.293. The zero-order valence-electron chi connectivity index (χ0n) is 18.9. The largest absolute Gasteiger partial charge is 0.497 e. The standard InChI is InChI=1S/C25H22ClN5O4/c1-27-13-16(28-2)14-30-22(15-35-18-8-6-7-17(11-18)34-3)24-20(12-23(30)32)29-31(25(24)33)21-10-5-4-9-19(21)26/h4-13,29H,1-2,14-15H2,3H3/b16-13-. The number of fused-ring (bicyclic) bond motifs is 1. The number of aromatic amines is 1. The molecule has 0 unspecified atom stereocenters. The Labute approximate surface area is 205 Å². The third-order valence-electron chi connectivity index (χ3n) is 5.34. The highest BCUT2D eigenvalue weighted by Gasteiger charge is 2.20. The quantitative estimate of drug-likeness (QED) is 0.358. The van der Waals surface area contributed by atoms with Gasteiger partial charge in [0.2, 0.25) is 0 Å². The zero-order valence-corrected chi connectivity index (χ0v) is 19.7. The van der Waals surface area contributed by atoms with Gasteiger partial charge < -0.3 is 14.0 Å². The van der Waals surface area contributed by atoms with Crippen LogP contribution in [0.5, 0.6) is 11.5 Å². The summed E-state index contributed by atoms with van der Waals surface area (Å²) in [4.78, 5) is 34.3. The van der Waals surface area contributed by atoms with Crippen LogP contribution in [-0.4, -0.2) is 34.9 Å². The highest BCUT2D eigenvalue weighted by Crippen LogP contribution is 2.23. The Hall–Kier alpha value is -4.37. The zero-order chi connectivity index (χ0) is 24.9. The number of hydrogen-bond donors (Lipinski definition) is 1. The first-order valence-electron chi connectivity index (χ1n) is 10.5. The minimum Gasteiger partial charge on any atom is -0.497 e. The van der Waals surface area contributed by atoms with Crippen LogP contribution in [0.3, 0.4) is 0 Å². The normalized spacial score (nSPS) is 11.4. The van der Waals surface area contributed by atoms with Gasteiger partial charge in [0.05, 0.1) is 46.7 Å². The average Bonchev–Trinajstić information content (AvgIpc) is 3.19. The molecule has 178 valence electrons. The van der Waals surface area contributed by atoms with Crippen molar-refractivity contribution in [3.63, 3.8) is 0 Å². The number of H-pyrrole nitrogens is 1. The van der Waals surface area contributed by atoms with Gasteiger partial charge in [0.25, 0.3) is 11.1 Å². The van der Waals surface area contributed by atoms with Gasteiger partial charge in [-0.15, -0.1) is 0 Å². The van der Waals surface area contributed by atoms with Crippen molar-refractivity contribution in [1.29, 1.82) is 0 Å².